The molecule has 2 nitrogen and oxygen atoms in total. The van der Waals surface area contributed by atoms with E-state index in [2.05, 4.69) is 0 Å². The van der Waals surface area contributed by atoms with Crippen LogP contribution in [0.1, 0.15) is 33.3 Å². The van der Waals surface area contributed by atoms with E-state index in [1.165, 1.54) is 0 Å². The zero-order chi connectivity index (χ0) is 17.9. The molecule has 0 spiro atoms. The first-order chi connectivity index (χ1) is 10.5. The highest BCUT2D eigenvalue weighted by Crippen LogP contribution is 2.63. The van der Waals surface area contributed by atoms with Crippen LogP contribution >= 0.6 is 17.1 Å². The predicted molar refractivity (Wildman–Crippen MR) is 84.3 cm³/mol. The maximum absolute atomic E-state index is 13.7. The largest absolute Gasteiger partial charge is 0.319 e. The first-order valence-corrected chi connectivity index (χ1v) is 10.8. The van der Waals surface area contributed by atoms with E-state index < -0.39 is 46.1 Å². The van der Waals surface area contributed by atoms with Crippen molar-refractivity contribution in [2.45, 2.75) is 45.7 Å². The van der Waals surface area contributed by atoms with Crippen molar-refractivity contribution in [1.29, 1.82) is 0 Å². The molecule has 0 saturated carbocycles. The average molecular weight is 394 g/mol. The second-order valence-electron chi connectivity index (χ2n) is 5.08. The third-order valence-electron chi connectivity index (χ3n) is 2.35. The van der Waals surface area contributed by atoms with Crippen LogP contribution in [0.5, 0.6) is 0 Å². The summed E-state index contributed by atoms with van der Waals surface area (Å²) in [5, 5.41) is 0. The van der Waals surface area contributed by atoms with Crippen molar-refractivity contribution in [2.75, 3.05) is 0 Å². The Bertz CT molecular complexity index is 582. The van der Waals surface area contributed by atoms with Crippen molar-refractivity contribution in [3.63, 3.8) is 0 Å². The molecule has 0 aromatic heterocycles. The average Bonchev–Trinajstić information content (AvgIpc) is 2.41. The summed E-state index contributed by atoms with van der Waals surface area (Å²) in [4.78, 5) is 0. The standard InChI is InChI=1S/C13H16F5O2PS2/c1-6(2)19-21(22,20-7(3)4)23-5-8-9(14)11(16)13(18)12(17)10(8)15/h6-7H,5H2,1-4H3. The zero-order valence-electron chi connectivity index (χ0n) is 12.8. The van der Waals surface area contributed by atoms with Crippen molar-refractivity contribution in [3.05, 3.63) is 34.6 Å². The molecule has 0 radical (unpaired) electrons. The Morgan fingerprint density at radius 2 is 1.17 bits per heavy atom. The zero-order valence-corrected chi connectivity index (χ0v) is 15.4. The van der Waals surface area contributed by atoms with E-state index in [9.17, 15) is 22.0 Å². The Balaban J connectivity index is 3.10. The van der Waals surface area contributed by atoms with Gasteiger partial charge in [0, 0.05) is 11.3 Å². The Labute approximate surface area is 140 Å². The van der Waals surface area contributed by atoms with Gasteiger partial charge in [0.15, 0.2) is 23.3 Å². The van der Waals surface area contributed by atoms with Crippen molar-refractivity contribution >= 4 is 28.9 Å². The van der Waals surface area contributed by atoms with Crippen LogP contribution in [0.4, 0.5) is 22.0 Å². The molecule has 0 aliphatic heterocycles. The van der Waals surface area contributed by atoms with Gasteiger partial charge in [-0.15, -0.1) is 0 Å². The van der Waals surface area contributed by atoms with Crippen molar-refractivity contribution in [3.8, 4) is 0 Å². The molecule has 0 heterocycles. The summed E-state index contributed by atoms with van der Waals surface area (Å²) in [6, 6.07) is 0. The molecular weight excluding hydrogens is 378 g/mol. The summed E-state index contributed by atoms with van der Waals surface area (Å²) in [7, 11) is 0. The minimum Gasteiger partial charge on any atom is -0.319 e. The summed E-state index contributed by atoms with van der Waals surface area (Å²) in [6.45, 7) is 6.79. The Kier molecular flexibility index (Phi) is 7.47. The van der Waals surface area contributed by atoms with Crippen molar-refractivity contribution in [1.82, 2.24) is 0 Å². The van der Waals surface area contributed by atoms with Crippen LogP contribution in [-0.2, 0) is 26.6 Å². The summed E-state index contributed by atoms with van der Waals surface area (Å²) >= 11 is 5.99. The Morgan fingerprint density at radius 3 is 1.52 bits per heavy atom. The molecule has 1 rings (SSSR count). The second-order valence-corrected chi connectivity index (χ2v) is 11.3. The lowest BCUT2D eigenvalue weighted by atomic mass is 10.2. The van der Waals surface area contributed by atoms with Crippen LogP contribution in [0.2, 0.25) is 0 Å². The lowest BCUT2D eigenvalue weighted by molar-refractivity contribution is 0.186. The summed E-state index contributed by atoms with van der Waals surface area (Å²) < 4.78 is 77.7. The lowest BCUT2D eigenvalue weighted by Crippen LogP contribution is -2.08. The van der Waals surface area contributed by atoms with E-state index in [0.717, 1.165) is 11.4 Å². The highest BCUT2D eigenvalue weighted by molar-refractivity contribution is 8.67. The number of hydrogen-bond acceptors (Lipinski definition) is 4. The molecule has 0 atom stereocenters. The van der Waals surface area contributed by atoms with Crippen molar-refractivity contribution in [2.24, 2.45) is 0 Å². The van der Waals surface area contributed by atoms with E-state index >= 15 is 0 Å². The van der Waals surface area contributed by atoms with Crippen molar-refractivity contribution < 1.29 is 31.0 Å². The van der Waals surface area contributed by atoms with Crippen LogP contribution in [0, 0.1) is 29.1 Å². The van der Waals surface area contributed by atoms with Gasteiger partial charge in [0.05, 0.1) is 12.2 Å². The minimum absolute atomic E-state index is 0.316. The molecule has 0 fully saturated rings. The first kappa shape index (κ1) is 20.8. The maximum Gasteiger partial charge on any atom is 0.248 e. The molecule has 132 valence electrons. The molecule has 0 saturated heterocycles. The van der Waals surface area contributed by atoms with Crippen LogP contribution in [0.15, 0.2) is 0 Å². The predicted octanol–water partition coefficient (Wildman–Crippen LogP) is 5.69. The van der Waals surface area contributed by atoms with E-state index in [-0.39, 0.29) is 12.2 Å². The number of rotatable bonds is 7. The van der Waals surface area contributed by atoms with Crippen LogP contribution in [0.25, 0.3) is 0 Å². The molecule has 23 heavy (non-hydrogen) atoms. The molecule has 0 bridgehead atoms. The molecule has 0 unspecified atom stereocenters. The van der Waals surface area contributed by atoms with Gasteiger partial charge in [-0.1, -0.05) is 11.4 Å². The van der Waals surface area contributed by atoms with E-state index in [0.29, 0.717) is 0 Å². The molecule has 0 aliphatic rings. The SMILES string of the molecule is CC(C)OP(=S)(OC(C)C)SCc1c(F)c(F)c(F)c(F)c1F. The molecule has 10 heteroatoms. The Hall–Kier alpha value is -0.210. The summed E-state index contributed by atoms with van der Waals surface area (Å²) in [5.74, 6) is -10.5. The highest BCUT2D eigenvalue weighted by atomic mass is 32.9. The summed E-state index contributed by atoms with van der Waals surface area (Å²) in [5.41, 5.74) is -3.94. The fraction of sp³-hybridized carbons (Fsp3) is 0.538. The second kappa shape index (κ2) is 8.25. The minimum atomic E-state index is -3.00. The highest BCUT2D eigenvalue weighted by Gasteiger charge is 2.29. The lowest BCUT2D eigenvalue weighted by Gasteiger charge is -2.25. The van der Waals surface area contributed by atoms with Gasteiger partial charge in [-0.3, -0.25) is 0 Å². The van der Waals surface area contributed by atoms with Gasteiger partial charge >= 0.3 is 0 Å². The van der Waals surface area contributed by atoms with Gasteiger partial charge in [0.1, 0.15) is 0 Å². The van der Waals surface area contributed by atoms with Gasteiger partial charge in [0.25, 0.3) is 0 Å². The summed E-state index contributed by atoms with van der Waals surface area (Å²) in [6.07, 6.45) is -0.632. The Morgan fingerprint density at radius 1 is 0.826 bits per heavy atom. The smallest absolute Gasteiger partial charge is 0.248 e. The third-order valence-corrected chi connectivity index (χ3v) is 7.76. The fourth-order valence-electron chi connectivity index (χ4n) is 1.52. The maximum atomic E-state index is 13.7. The number of halogens is 5. The van der Waals surface area contributed by atoms with Gasteiger partial charge in [-0.2, -0.15) is 0 Å². The molecule has 1 aromatic rings. The molecule has 0 amide bonds. The van der Waals surface area contributed by atoms with Gasteiger partial charge in [-0.25, -0.2) is 22.0 Å². The molecule has 0 aliphatic carbocycles. The normalized spacial score (nSPS) is 12.5. The first-order valence-electron chi connectivity index (χ1n) is 6.60. The van der Waals surface area contributed by atoms with Gasteiger partial charge in [0.2, 0.25) is 11.5 Å². The topological polar surface area (TPSA) is 18.5 Å². The quantitative estimate of drug-likeness (QED) is 0.256. The molecular formula is C13H16F5O2PS2. The number of hydrogen-bond donors (Lipinski definition) is 0. The fourth-order valence-corrected chi connectivity index (χ4v) is 7.03. The van der Waals surface area contributed by atoms with Crippen LogP contribution < -0.4 is 0 Å². The van der Waals surface area contributed by atoms with Crippen LogP contribution in [0.3, 0.4) is 0 Å². The number of benzene rings is 1. The van der Waals surface area contributed by atoms with Gasteiger partial charge in [-0.05, 0) is 39.5 Å². The van der Waals surface area contributed by atoms with Gasteiger partial charge < -0.3 is 9.05 Å². The molecule has 1 aromatic carbocycles. The third kappa shape index (κ3) is 5.39. The van der Waals surface area contributed by atoms with E-state index in [4.69, 9.17) is 20.9 Å². The van der Waals surface area contributed by atoms with E-state index in [1.807, 2.05) is 0 Å². The van der Waals surface area contributed by atoms with Crippen LogP contribution in [-0.4, -0.2) is 12.2 Å². The monoisotopic (exact) mass is 394 g/mol. The molecule has 0 N–H and O–H groups in total. The van der Waals surface area contributed by atoms with E-state index in [1.54, 1.807) is 27.7 Å².